The van der Waals surface area contributed by atoms with E-state index in [0.29, 0.717) is 5.39 Å². The van der Waals surface area contributed by atoms with Gasteiger partial charge in [0.1, 0.15) is 0 Å². The molecule has 0 saturated heterocycles. The monoisotopic (exact) mass is 281 g/mol. The Kier molecular flexibility index (Phi) is 2.67. The molecule has 19 heavy (non-hydrogen) atoms. The zero-order valence-electron chi connectivity index (χ0n) is 10.0. The zero-order valence-corrected chi connectivity index (χ0v) is 10.8. The zero-order chi connectivity index (χ0) is 13.6. The molecular formula is C14H10F3NS. The Morgan fingerprint density at radius 2 is 1.89 bits per heavy atom. The Morgan fingerprint density at radius 3 is 2.53 bits per heavy atom. The molecule has 1 nitrogen and oxygen atoms in total. The third-order valence-electron chi connectivity index (χ3n) is 2.97. The first-order valence-electron chi connectivity index (χ1n) is 5.71. The van der Waals surface area contributed by atoms with Crippen molar-refractivity contribution in [2.75, 3.05) is 0 Å². The number of aromatic nitrogens is 1. The van der Waals surface area contributed by atoms with E-state index in [0.717, 1.165) is 21.5 Å². The van der Waals surface area contributed by atoms with Crippen LogP contribution < -0.4 is 0 Å². The number of halogens is 3. The van der Waals surface area contributed by atoms with Crippen molar-refractivity contribution in [3.05, 3.63) is 46.8 Å². The molecule has 3 aromatic rings. The van der Waals surface area contributed by atoms with Gasteiger partial charge in [0.25, 0.3) is 0 Å². The number of para-hydroxylation sites is 1. The quantitative estimate of drug-likeness (QED) is 0.629. The first-order chi connectivity index (χ1) is 8.95. The number of aryl methyl sites for hydroxylation is 1. The van der Waals surface area contributed by atoms with Gasteiger partial charge in [0.2, 0.25) is 0 Å². The number of aromatic amines is 1. The molecule has 0 bridgehead atoms. The maximum atomic E-state index is 12.9. The highest BCUT2D eigenvalue weighted by atomic mass is 32.1. The number of fused-ring (bicyclic) bond motifs is 1. The summed E-state index contributed by atoms with van der Waals surface area (Å²) in [5, 5.41) is 0.580. The summed E-state index contributed by atoms with van der Waals surface area (Å²) in [6.45, 7) is 1.97. The van der Waals surface area contributed by atoms with Gasteiger partial charge in [-0.05, 0) is 31.2 Å². The summed E-state index contributed by atoms with van der Waals surface area (Å²) in [4.78, 5) is 4.97. The molecule has 1 N–H and O–H groups in total. The number of nitrogens with one attached hydrogen (secondary N) is 1. The molecule has 0 aliphatic rings. The van der Waals surface area contributed by atoms with Crippen LogP contribution in [0.4, 0.5) is 13.2 Å². The average Bonchev–Trinajstić information content (AvgIpc) is 2.92. The largest absolute Gasteiger partial charge is 0.418 e. The van der Waals surface area contributed by atoms with Gasteiger partial charge in [-0.1, -0.05) is 12.1 Å². The molecule has 0 amide bonds. The molecule has 0 saturated carbocycles. The minimum atomic E-state index is -4.34. The second kappa shape index (κ2) is 4.13. The summed E-state index contributed by atoms with van der Waals surface area (Å²) in [6, 6.07) is 9.85. The number of rotatable bonds is 1. The molecule has 0 radical (unpaired) electrons. The van der Waals surface area contributed by atoms with Crippen LogP contribution in [0, 0.1) is 6.92 Å². The minimum absolute atomic E-state index is 0.149. The first kappa shape index (κ1) is 12.3. The Bertz CT molecular complexity index is 737. The Hall–Kier alpha value is -1.75. The SMILES string of the molecule is Cc1ccc(-c2cc3cccc(C(F)(F)F)c3[nH]2)s1. The lowest BCUT2D eigenvalue weighted by atomic mass is 10.1. The number of H-pyrrole nitrogens is 1. The van der Waals surface area contributed by atoms with Crippen LogP contribution in [-0.4, -0.2) is 4.98 Å². The van der Waals surface area contributed by atoms with Crippen LogP contribution in [-0.2, 0) is 6.18 Å². The molecule has 0 aliphatic carbocycles. The van der Waals surface area contributed by atoms with Crippen LogP contribution in [0.15, 0.2) is 36.4 Å². The van der Waals surface area contributed by atoms with Gasteiger partial charge in [-0.2, -0.15) is 13.2 Å². The summed E-state index contributed by atoms with van der Waals surface area (Å²) in [5.41, 5.74) is 0.255. The topological polar surface area (TPSA) is 15.8 Å². The molecule has 0 aliphatic heterocycles. The van der Waals surface area contributed by atoms with Crippen molar-refractivity contribution in [2.24, 2.45) is 0 Å². The van der Waals surface area contributed by atoms with Crippen molar-refractivity contribution in [1.82, 2.24) is 4.98 Å². The van der Waals surface area contributed by atoms with E-state index in [-0.39, 0.29) is 5.52 Å². The normalized spacial score (nSPS) is 12.2. The van der Waals surface area contributed by atoms with Gasteiger partial charge in [-0.25, -0.2) is 0 Å². The number of benzene rings is 1. The van der Waals surface area contributed by atoms with Crippen molar-refractivity contribution in [3.63, 3.8) is 0 Å². The molecule has 98 valence electrons. The first-order valence-corrected chi connectivity index (χ1v) is 6.52. The summed E-state index contributed by atoms with van der Waals surface area (Å²) in [7, 11) is 0. The highest BCUT2D eigenvalue weighted by Gasteiger charge is 2.33. The molecule has 0 atom stereocenters. The third-order valence-corrected chi connectivity index (χ3v) is 4.00. The maximum absolute atomic E-state index is 12.9. The summed E-state index contributed by atoms with van der Waals surface area (Å²) in [5.74, 6) is 0. The summed E-state index contributed by atoms with van der Waals surface area (Å²) < 4.78 is 38.7. The Morgan fingerprint density at radius 1 is 1.11 bits per heavy atom. The number of alkyl halides is 3. The van der Waals surface area contributed by atoms with Crippen LogP contribution in [0.1, 0.15) is 10.4 Å². The molecule has 0 unspecified atom stereocenters. The van der Waals surface area contributed by atoms with Gasteiger partial charge < -0.3 is 4.98 Å². The van der Waals surface area contributed by atoms with E-state index >= 15 is 0 Å². The molecule has 1 aromatic carbocycles. The summed E-state index contributed by atoms with van der Waals surface area (Å²) >= 11 is 1.56. The highest BCUT2D eigenvalue weighted by Crippen LogP contribution is 2.37. The van der Waals surface area contributed by atoms with Gasteiger partial charge in [0, 0.05) is 10.3 Å². The fraction of sp³-hybridized carbons (Fsp3) is 0.143. The smallest absolute Gasteiger partial charge is 0.353 e. The fourth-order valence-corrected chi connectivity index (χ4v) is 2.94. The number of thiophene rings is 1. The van der Waals surface area contributed by atoms with E-state index in [4.69, 9.17) is 0 Å². The van der Waals surface area contributed by atoms with Gasteiger partial charge in [0.15, 0.2) is 0 Å². The van der Waals surface area contributed by atoms with E-state index < -0.39 is 11.7 Å². The van der Waals surface area contributed by atoms with Crippen molar-refractivity contribution < 1.29 is 13.2 Å². The Balaban J connectivity index is 2.21. The van der Waals surface area contributed by atoms with Crippen molar-refractivity contribution >= 4 is 22.2 Å². The second-order valence-corrected chi connectivity index (χ2v) is 5.65. The van der Waals surface area contributed by atoms with Gasteiger partial charge in [-0.3, -0.25) is 0 Å². The molecule has 5 heteroatoms. The predicted molar refractivity (Wildman–Crippen MR) is 71.4 cm³/mol. The standard InChI is InChI=1S/C14H10F3NS/c1-8-5-6-12(19-8)11-7-9-3-2-4-10(13(9)18-11)14(15,16)17/h2-7,18H,1H3. The lowest BCUT2D eigenvalue weighted by Crippen LogP contribution is -2.05. The molecular weight excluding hydrogens is 271 g/mol. The molecule has 2 aromatic heterocycles. The molecule has 2 heterocycles. The van der Waals surface area contributed by atoms with E-state index in [9.17, 15) is 13.2 Å². The van der Waals surface area contributed by atoms with Crippen LogP contribution in [0.25, 0.3) is 21.5 Å². The Labute approximate surface area is 111 Å². The van der Waals surface area contributed by atoms with Crippen LogP contribution in [0.3, 0.4) is 0 Å². The van der Waals surface area contributed by atoms with Crippen molar-refractivity contribution in [3.8, 4) is 10.6 Å². The molecule has 3 rings (SSSR count). The third kappa shape index (κ3) is 2.14. The highest BCUT2D eigenvalue weighted by molar-refractivity contribution is 7.15. The van der Waals surface area contributed by atoms with E-state index in [2.05, 4.69) is 4.98 Å². The number of hydrogen-bond donors (Lipinski definition) is 1. The average molecular weight is 281 g/mol. The van der Waals surface area contributed by atoms with Gasteiger partial charge in [0.05, 0.1) is 21.7 Å². The lowest BCUT2D eigenvalue weighted by molar-refractivity contribution is -0.136. The fourth-order valence-electron chi connectivity index (χ4n) is 2.10. The number of hydrogen-bond acceptors (Lipinski definition) is 1. The van der Waals surface area contributed by atoms with Gasteiger partial charge >= 0.3 is 6.18 Å². The second-order valence-electron chi connectivity index (χ2n) is 4.36. The predicted octanol–water partition coefficient (Wildman–Crippen LogP) is 5.22. The molecule has 0 spiro atoms. The summed E-state index contributed by atoms with van der Waals surface area (Å²) in [6.07, 6.45) is -4.34. The van der Waals surface area contributed by atoms with E-state index in [1.807, 2.05) is 19.1 Å². The van der Waals surface area contributed by atoms with Crippen molar-refractivity contribution in [2.45, 2.75) is 13.1 Å². The van der Waals surface area contributed by atoms with Crippen LogP contribution in [0.5, 0.6) is 0 Å². The lowest BCUT2D eigenvalue weighted by Gasteiger charge is -2.07. The molecule has 0 fully saturated rings. The minimum Gasteiger partial charge on any atom is -0.353 e. The maximum Gasteiger partial charge on any atom is 0.418 e. The van der Waals surface area contributed by atoms with E-state index in [1.165, 1.54) is 6.07 Å². The van der Waals surface area contributed by atoms with E-state index in [1.54, 1.807) is 23.5 Å². The van der Waals surface area contributed by atoms with Crippen molar-refractivity contribution in [1.29, 1.82) is 0 Å². The van der Waals surface area contributed by atoms with Gasteiger partial charge in [-0.15, -0.1) is 11.3 Å². The van der Waals surface area contributed by atoms with Crippen LogP contribution >= 0.6 is 11.3 Å². The van der Waals surface area contributed by atoms with Crippen LogP contribution in [0.2, 0.25) is 0 Å².